The smallest absolute Gasteiger partial charge is 0.308 e. The molecule has 0 saturated carbocycles. The lowest BCUT2D eigenvalue weighted by Crippen LogP contribution is -2.31. The van der Waals surface area contributed by atoms with Crippen LogP contribution in [0.5, 0.6) is 0 Å². The molecule has 2 heterocycles. The van der Waals surface area contributed by atoms with E-state index in [1.807, 2.05) is 27.7 Å². The van der Waals surface area contributed by atoms with Crippen LogP contribution in [0.4, 0.5) is 0 Å². The lowest BCUT2D eigenvalue weighted by Gasteiger charge is -2.20. The van der Waals surface area contributed by atoms with Crippen LogP contribution in [-0.2, 0) is 10.2 Å². The summed E-state index contributed by atoms with van der Waals surface area (Å²) in [6.07, 6.45) is 0. The normalized spacial score (nSPS) is 23.1. The SMILES string of the molecule is C[C@@H]1CN(C(=O)c2scnc2C(C)(C)C)C[C@H]1C(=O)O. The summed E-state index contributed by atoms with van der Waals surface area (Å²) in [4.78, 5) is 30.3. The molecule has 0 bridgehead atoms. The first-order chi connectivity index (χ1) is 9.21. The number of carboxylic acids is 1. The summed E-state index contributed by atoms with van der Waals surface area (Å²) >= 11 is 1.33. The third-order valence-corrected chi connectivity index (χ3v) is 4.50. The molecule has 1 N–H and O–H groups in total. The Morgan fingerprint density at radius 3 is 2.55 bits per heavy atom. The number of aliphatic carboxylic acids is 1. The fourth-order valence-electron chi connectivity index (χ4n) is 2.53. The van der Waals surface area contributed by atoms with Crippen molar-refractivity contribution in [3.05, 3.63) is 16.1 Å². The Labute approximate surface area is 122 Å². The second-order valence-electron chi connectivity index (χ2n) is 6.41. The van der Waals surface area contributed by atoms with Crippen molar-refractivity contribution in [2.75, 3.05) is 13.1 Å². The van der Waals surface area contributed by atoms with Gasteiger partial charge in [-0.15, -0.1) is 11.3 Å². The van der Waals surface area contributed by atoms with Crippen LogP contribution in [0.15, 0.2) is 5.51 Å². The standard InChI is InChI=1S/C14H20N2O3S/c1-8-5-16(6-9(8)13(18)19)12(17)10-11(14(2,3)4)15-7-20-10/h7-9H,5-6H2,1-4H3,(H,18,19)/t8-,9-/m1/s1. The molecule has 1 aliphatic rings. The number of hydrogen-bond acceptors (Lipinski definition) is 4. The number of carbonyl (C=O) groups excluding carboxylic acids is 1. The molecule has 1 aromatic rings. The fraction of sp³-hybridized carbons (Fsp3) is 0.643. The maximum atomic E-state index is 12.6. The Bertz CT molecular complexity index is 533. The first-order valence-corrected chi connectivity index (χ1v) is 7.56. The van der Waals surface area contributed by atoms with Crippen molar-refractivity contribution in [1.82, 2.24) is 9.88 Å². The quantitative estimate of drug-likeness (QED) is 0.908. The lowest BCUT2D eigenvalue weighted by molar-refractivity contribution is -0.142. The van der Waals surface area contributed by atoms with E-state index in [0.29, 0.717) is 11.4 Å². The Kier molecular flexibility index (Phi) is 3.86. The van der Waals surface area contributed by atoms with Crippen LogP contribution in [0.1, 0.15) is 43.1 Å². The van der Waals surface area contributed by atoms with Crippen LogP contribution in [0.2, 0.25) is 0 Å². The molecular weight excluding hydrogens is 276 g/mol. The van der Waals surface area contributed by atoms with Crippen molar-refractivity contribution in [3.63, 3.8) is 0 Å². The largest absolute Gasteiger partial charge is 0.481 e. The minimum absolute atomic E-state index is 0.0116. The Morgan fingerprint density at radius 1 is 1.40 bits per heavy atom. The Hall–Kier alpha value is -1.43. The minimum Gasteiger partial charge on any atom is -0.481 e. The van der Waals surface area contributed by atoms with Crippen molar-refractivity contribution in [3.8, 4) is 0 Å². The number of aromatic nitrogens is 1. The molecule has 1 aliphatic heterocycles. The molecule has 6 heteroatoms. The summed E-state index contributed by atoms with van der Waals surface area (Å²) in [5, 5.41) is 9.15. The van der Waals surface area contributed by atoms with E-state index in [1.54, 1.807) is 10.4 Å². The van der Waals surface area contributed by atoms with E-state index < -0.39 is 11.9 Å². The molecule has 1 fully saturated rings. The van der Waals surface area contributed by atoms with Gasteiger partial charge in [-0.05, 0) is 5.92 Å². The van der Waals surface area contributed by atoms with Crippen molar-refractivity contribution in [2.24, 2.45) is 11.8 Å². The third-order valence-electron chi connectivity index (χ3n) is 3.69. The number of likely N-dealkylation sites (tertiary alicyclic amines) is 1. The molecule has 2 atom stereocenters. The first-order valence-electron chi connectivity index (χ1n) is 6.68. The summed E-state index contributed by atoms with van der Waals surface area (Å²) in [7, 11) is 0. The maximum absolute atomic E-state index is 12.6. The number of nitrogens with zero attached hydrogens (tertiary/aromatic N) is 2. The predicted molar refractivity (Wildman–Crippen MR) is 77.0 cm³/mol. The van der Waals surface area contributed by atoms with E-state index in [2.05, 4.69) is 4.98 Å². The molecule has 0 aromatic carbocycles. The van der Waals surface area contributed by atoms with Crippen molar-refractivity contribution in [1.29, 1.82) is 0 Å². The van der Waals surface area contributed by atoms with E-state index >= 15 is 0 Å². The molecular formula is C14H20N2O3S. The highest BCUT2D eigenvalue weighted by Gasteiger charge is 2.38. The highest BCUT2D eigenvalue weighted by atomic mass is 32.1. The second-order valence-corrected chi connectivity index (χ2v) is 7.27. The third kappa shape index (κ3) is 2.70. The van der Waals surface area contributed by atoms with Crippen LogP contribution in [0, 0.1) is 11.8 Å². The topological polar surface area (TPSA) is 70.5 Å². The second kappa shape index (κ2) is 5.16. The molecule has 0 spiro atoms. The minimum atomic E-state index is -0.826. The summed E-state index contributed by atoms with van der Waals surface area (Å²) in [5.74, 6) is -1.39. The molecule has 2 rings (SSSR count). The summed E-state index contributed by atoms with van der Waals surface area (Å²) in [6, 6.07) is 0. The van der Waals surface area contributed by atoms with Gasteiger partial charge in [0.25, 0.3) is 5.91 Å². The zero-order valence-electron chi connectivity index (χ0n) is 12.2. The van der Waals surface area contributed by atoms with Gasteiger partial charge in [0, 0.05) is 18.5 Å². The highest BCUT2D eigenvalue weighted by molar-refractivity contribution is 7.11. The number of amides is 1. The molecule has 110 valence electrons. The van der Waals surface area contributed by atoms with Gasteiger partial charge in [0.2, 0.25) is 0 Å². The van der Waals surface area contributed by atoms with Crippen molar-refractivity contribution < 1.29 is 14.7 Å². The van der Waals surface area contributed by atoms with Crippen LogP contribution in [0.25, 0.3) is 0 Å². The van der Waals surface area contributed by atoms with E-state index in [9.17, 15) is 9.59 Å². The van der Waals surface area contributed by atoms with Gasteiger partial charge in [-0.2, -0.15) is 0 Å². The molecule has 0 aliphatic carbocycles. The fourth-order valence-corrected chi connectivity index (χ4v) is 3.49. The van der Waals surface area contributed by atoms with Crippen LogP contribution in [-0.4, -0.2) is 40.0 Å². The van der Waals surface area contributed by atoms with Crippen molar-refractivity contribution >= 4 is 23.2 Å². The molecule has 20 heavy (non-hydrogen) atoms. The van der Waals surface area contributed by atoms with Crippen molar-refractivity contribution in [2.45, 2.75) is 33.1 Å². The number of hydrogen-bond donors (Lipinski definition) is 1. The zero-order valence-corrected chi connectivity index (χ0v) is 13.0. The van der Waals surface area contributed by atoms with Gasteiger partial charge in [0.1, 0.15) is 4.88 Å². The Balaban J connectivity index is 2.22. The number of carbonyl (C=O) groups is 2. The average Bonchev–Trinajstić information content (AvgIpc) is 2.92. The lowest BCUT2D eigenvalue weighted by atomic mass is 9.91. The first kappa shape index (κ1) is 15.0. The Morgan fingerprint density at radius 2 is 2.05 bits per heavy atom. The average molecular weight is 296 g/mol. The van der Waals surface area contributed by atoms with E-state index in [4.69, 9.17) is 5.11 Å². The van der Waals surface area contributed by atoms with E-state index in [1.165, 1.54) is 11.3 Å². The van der Waals surface area contributed by atoms with Gasteiger partial charge >= 0.3 is 5.97 Å². The molecule has 1 saturated heterocycles. The van der Waals surface area contributed by atoms with Crippen LogP contribution >= 0.6 is 11.3 Å². The van der Waals surface area contributed by atoms with Gasteiger partial charge < -0.3 is 10.0 Å². The predicted octanol–water partition coefficient (Wildman–Crippen LogP) is 2.23. The van der Waals surface area contributed by atoms with Gasteiger partial charge in [-0.1, -0.05) is 27.7 Å². The molecule has 0 radical (unpaired) electrons. The number of rotatable bonds is 2. The molecule has 5 nitrogen and oxygen atoms in total. The van der Waals surface area contributed by atoms with Crippen LogP contribution in [0.3, 0.4) is 0 Å². The van der Waals surface area contributed by atoms with Gasteiger partial charge in [0.15, 0.2) is 0 Å². The van der Waals surface area contributed by atoms with E-state index in [0.717, 1.165) is 5.69 Å². The molecule has 0 unspecified atom stereocenters. The van der Waals surface area contributed by atoms with Crippen LogP contribution < -0.4 is 0 Å². The summed E-state index contributed by atoms with van der Waals surface area (Å²) in [6.45, 7) is 8.72. The number of carboxylic acid groups (broad SMARTS) is 1. The molecule has 1 aromatic heterocycles. The summed E-state index contributed by atoms with van der Waals surface area (Å²) in [5.41, 5.74) is 2.28. The highest BCUT2D eigenvalue weighted by Crippen LogP contribution is 2.31. The summed E-state index contributed by atoms with van der Waals surface area (Å²) < 4.78 is 0. The van der Waals surface area contributed by atoms with Gasteiger partial charge in [-0.25, -0.2) is 4.98 Å². The van der Waals surface area contributed by atoms with Gasteiger partial charge in [0.05, 0.1) is 17.1 Å². The monoisotopic (exact) mass is 296 g/mol. The number of thiazole rings is 1. The van der Waals surface area contributed by atoms with E-state index in [-0.39, 0.29) is 23.8 Å². The maximum Gasteiger partial charge on any atom is 0.308 e. The van der Waals surface area contributed by atoms with Gasteiger partial charge in [-0.3, -0.25) is 9.59 Å². The zero-order chi connectivity index (χ0) is 15.1. The molecule has 1 amide bonds.